The molecule has 0 bridgehead atoms. The van der Waals surface area contributed by atoms with Crippen molar-refractivity contribution in [1.29, 1.82) is 0 Å². The molecule has 0 spiro atoms. The van der Waals surface area contributed by atoms with Gasteiger partial charge in [0.1, 0.15) is 0 Å². The largest absolute Gasteiger partial charge is 0.358 e. The topological polar surface area (TPSA) is 0 Å². The average molecular weight is 283 g/mol. The summed E-state index contributed by atoms with van der Waals surface area (Å²) in [4.78, 5) is 0. The summed E-state index contributed by atoms with van der Waals surface area (Å²) in [7, 11) is 0. The van der Waals surface area contributed by atoms with Gasteiger partial charge in [-0.3, -0.25) is 0 Å². The van der Waals surface area contributed by atoms with Crippen LogP contribution in [0.4, 0.5) is 0 Å². The fourth-order valence-corrected chi connectivity index (χ4v) is 0.144. The molecule has 0 rings (SSSR count). The SMILES string of the molecule is [CH2-]CC(C)C[CH2-].[CH3-].[W]. The molecule has 0 aromatic heterocycles. The molecule has 1 heteroatoms. The molecule has 0 saturated carbocycles. The van der Waals surface area contributed by atoms with Crippen molar-refractivity contribution in [2.45, 2.75) is 19.8 Å². The van der Waals surface area contributed by atoms with Crippen molar-refractivity contribution in [3.63, 3.8) is 0 Å². The first kappa shape index (κ1) is 15.9. The smallest absolute Gasteiger partial charge is 0 e. The summed E-state index contributed by atoms with van der Waals surface area (Å²) in [5.41, 5.74) is 0. The predicted octanol–water partition coefficient (Wildman–Crippen LogP) is 2.52. The first-order valence-corrected chi connectivity index (χ1v) is 2.39. The third kappa shape index (κ3) is 9.85. The zero-order valence-corrected chi connectivity index (χ0v) is 8.75. The van der Waals surface area contributed by atoms with Crippen LogP contribution in [0.5, 0.6) is 0 Å². The third-order valence-corrected chi connectivity index (χ3v) is 0.986. The first-order valence-electron chi connectivity index (χ1n) is 2.39. The van der Waals surface area contributed by atoms with E-state index in [1.807, 2.05) is 0 Å². The van der Waals surface area contributed by atoms with E-state index in [0.29, 0.717) is 5.92 Å². The number of hydrogen-bond donors (Lipinski definition) is 0. The van der Waals surface area contributed by atoms with Crippen molar-refractivity contribution in [3.8, 4) is 0 Å². The van der Waals surface area contributed by atoms with Crippen LogP contribution in [0, 0.1) is 27.2 Å². The number of rotatable bonds is 2. The van der Waals surface area contributed by atoms with E-state index in [1.54, 1.807) is 0 Å². The average Bonchev–Trinajstić information content (AvgIpc) is 1.65. The summed E-state index contributed by atoms with van der Waals surface area (Å²) in [6, 6.07) is 0. The van der Waals surface area contributed by atoms with E-state index in [4.69, 9.17) is 0 Å². The second-order valence-corrected chi connectivity index (χ2v) is 1.68. The molecule has 0 heterocycles. The second-order valence-electron chi connectivity index (χ2n) is 1.68. The fourth-order valence-electron chi connectivity index (χ4n) is 0.144. The Labute approximate surface area is 68.3 Å². The molecule has 0 N–H and O–H groups in total. The van der Waals surface area contributed by atoms with Crippen molar-refractivity contribution in [2.75, 3.05) is 0 Å². The summed E-state index contributed by atoms with van der Waals surface area (Å²) < 4.78 is 0. The summed E-state index contributed by atoms with van der Waals surface area (Å²) >= 11 is 0. The monoisotopic (exact) mass is 283 g/mol. The maximum Gasteiger partial charge on any atom is 0 e. The van der Waals surface area contributed by atoms with Gasteiger partial charge in [-0.15, -0.1) is 0 Å². The molecule has 0 fully saturated rings. The van der Waals surface area contributed by atoms with Gasteiger partial charge in [0.05, 0.1) is 0 Å². The van der Waals surface area contributed by atoms with E-state index >= 15 is 0 Å². The predicted molar refractivity (Wildman–Crippen MR) is 35.5 cm³/mol. The molecule has 0 aromatic carbocycles. The van der Waals surface area contributed by atoms with E-state index in [-0.39, 0.29) is 28.5 Å². The van der Waals surface area contributed by atoms with Gasteiger partial charge >= 0.3 is 0 Å². The zero-order chi connectivity index (χ0) is 4.99. The van der Waals surface area contributed by atoms with Crippen LogP contribution in [0.1, 0.15) is 19.8 Å². The molecule has 52 valence electrons. The standard InChI is InChI=1S/C6H12.CH3.W/c1-4-6(3)5-2;;/h6H,1-2,4-5H2,3H3;1H3;/q-2;-1;. The molecule has 8 heavy (non-hydrogen) atoms. The molecule has 0 atom stereocenters. The first-order chi connectivity index (χ1) is 2.81. The Hall–Kier alpha value is 0.688. The van der Waals surface area contributed by atoms with Gasteiger partial charge < -0.3 is 21.3 Å². The molecule has 0 nitrogen and oxygen atoms in total. The molecule has 0 aliphatic carbocycles. The van der Waals surface area contributed by atoms with E-state index in [0.717, 1.165) is 12.8 Å². The summed E-state index contributed by atoms with van der Waals surface area (Å²) in [5.74, 6) is 0.713. The Kier molecular flexibility index (Phi) is 21.1. The van der Waals surface area contributed by atoms with Gasteiger partial charge in [-0.25, -0.2) is 0 Å². The Morgan fingerprint density at radius 1 is 1.25 bits per heavy atom. The number of hydrogen-bond acceptors (Lipinski definition) is 0. The van der Waals surface area contributed by atoms with Gasteiger partial charge in [-0.1, -0.05) is 12.8 Å². The molecule has 0 aliphatic heterocycles. The molecule has 0 saturated heterocycles. The third-order valence-electron chi connectivity index (χ3n) is 0.986. The van der Waals surface area contributed by atoms with Crippen LogP contribution in [-0.4, -0.2) is 0 Å². The van der Waals surface area contributed by atoms with Gasteiger partial charge in [-0.2, -0.15) is 12.8 Å². The fraction of sp³-hybridized carbons (Fsp3) is 0.571. The van der Waals surface area contributed by atoms with Crippen LogP contribution in [0.25, 0.3) is 0 Å². The molecule has 0 unspecified atom stereocenters. The van der Waals surface area contributed by atoms with Crippen molar-refractivity contribution < 1.29 is 21.1 Å². The Bertz CT molecular complexity index is 23.6. The van der Waals surface area contributed by atoms with Crippen molar-refractivity contribution in [3.05, 3.63) is 21.3 Å². The summed E-state index contributed by atoms with van der Waals surface area (Å²) in [6.07, 6.45) is 2.03. The van der Waals surface area contributed by atoms with Crippen molar-refractivity contribution in [1.82, 2.24) is 0 Å². The molecule has 0 radical (unpaired) electrons. The Morgan fingerprint density at radius 2 is 1.50 bits per heavy atom. The quantitative estimate of drug-likeness (QED) is 0.683. The summed E-state index contributed by atoms with van der Waals surface area (Å²) in [5, 5.41) is 0. The minimum atomic E-state index is 0. The van der Waals surface area contributed by atoms with Crippen LogP contribution in [-0.2, 0) is 21.1 Å². The van der Waals surface area contributed by atoms with Crippen molar-refractivity contribution in [2.24, 2.45) is 5.92 Å². The van der Waals surface area contributed by atoms with Gasteiger partial charge in [0.15, 0.2) is 0 Å². The van der Waals surface area contributed by atoms with Gasteiger partial charge in [0, 0.05) is 21.1 Å². The van der Waals surface area contributed by atoms with Gasteiger partial charge in [-0.05, 0) is 0 Å². The maximum atomic E-state index is 3.72. The minimum absolute atomic E-state index is 0. The molecule has 0 aliphatic rings. The van der Waals surface area contributed by atoms with Crippen LogP contribution in [0.15, 0.2) is 0 Å². The summed E-state index contributed by atoms with van der Waals surface area (Å²) in [6.45, 7) is 9.59. The van der Waals surface area contributed by atoms with E-state index < -0.39 is 0 Å². The molecule has 0 aromatic rings. The second kappa shape index (κ2) is 10.6. The Morgan fingerprint density at radius 3 is 1.50 bits per heavy atom. The van der Waals surface area contributed by atoms with Crippen LogP contribution >= 0.6 is 0 Å². The van der Waals surface area contributed by atoms with Crippen molar-refractivity contribution >= 4 is 0 Å². The van der Waals surface area contributed by atoms with Gasteiger partial charge in [0.25, 0.3) is 0 Å². The van der Waals surface area contributed by atoms with E-state index in [9.17, 15) is 0 Å². The van der Waals surface area contributed by atoms with Crippen LogP contribution in [0.3, 0.4) is 0 Å². The van der Waals surface area contributed by atoms with E-state index in [2.05, 4.69) is 20.8 Å². The van der Waals surface area contributed by atoms with Gasteiger partial charge in [0.2, 0.25) is 0 Å². The van der Waals surface area contributed by atoms with E-state index in [1.165, 1.54) is 0 Å². The zero-order valence-electron chi connectivity index (χ0n) is 5.81. The van der Waals surface area contributed by atoms with Crippen LogP contribution < -0.4 is 0 Å². The Balaban J connectivity index is -0.000000125. The normalized spacial score (nSPS) is 7.50. The molecular formula is C7H15W-3. The maximum absolute atomic E-state index is 3.72. The minimum Gasteiger partial charge on any atom is -0.358 e. The molecule has 0 amide bonds. The molecular weight excluding hydrogens is 268 g/mol. The van der Waals surface area contributed by atoms with Crippen LogP contribution in [0.2, 0.25) is 0 Å².